The molecule has 1 aliphatic rings. The first kappa shape index (κ1) is 9.95. The lowest BCUT2D eigenvalue weighted by atomic mass is 10.3. The van der Waals surface area contributed by atoms with Crippen LogP contribution in [0.5, 0.6) is 17.2 Å². The van der Waals surface area contributed by atoms with Gasteiger partial charge in [0.1, 0.15) is 19.0 Å². The van der Waals surface area contributed by atoms with E-state index < -0.39 is 6.36 Å². The topological polar surface area (TPSA) is 27.7 Å². The van der Waals surface area contributed by atoms with Gasteiger partial charge in [0.05, 0.1) is 0 Å². The fraction of sp³-hybridized carbons (Fsp3) is 0.333. The highest BCUT2D eigenvalue weighted by Crippen LogP contribution is 2.35. The maximum absolute atomic E-state index is 11.9. The molecule has 82 valence electrons. The van der Waals surface area contributed by atoms with Gasteiger partial charge < -0.3 is 14.2 Å². The molecule has 0 N–H and O–H groups in total. The SMILES string of the molecule is FC(F)(F)Oc1ccc2c(c1)OCCO2. The van der Waals surface area contributed by atoms with E-state index in [2.05, 4.69) is 4.74 Å². The summed E-state index contributed by atoms with van der Waals surface area (Å²) in [5.41, 5.74) is 0. The monoisotopic (exact) mass is 220 g/mol. The third-order valence-corrected chi connectivity index (χ3v) is 1.75. The van der Waals surface area contributed by atoms with Crippen molar-refractivity contribution in [1.82, 2.24) is 0 Å². The Morgan fingerprint density at radius 2 is 1.73 bits per heavy atom. The first-order valence-corrected chi connectivity index (χ1v) is 4.20. The van der Waals surface area contributed by atoms with Gasteiger partial charge in [-0.15, -0.1) is 13.2 Å². The summed E-state index contributed by atoms with van der Waals surface area (Å²) in [6, 6.07) is 3.72. The molecule has 1 aromatic carbocycles. The minimum Gasteiger partial charge on any atom is -0.486 e. The Labute approximate surface area is 83.4 Å². The lowest BCUT2D eigenvalue weighted by Crippen LogP contribution is -2.18. The van der Waals surface area contributed by atoms with Crippen LogP contribution >= 0.6 is 0 Å². The molecule has 0 radical (unpaired) electrons. The number of benzene rings is 1. The van der Waals surface area contributed by atoms with Crippen molar-refractivity contribution in [2.24, 2.45) is 0 Å². The number of hydrogen-bond acceptors (Lipinski definition) is 3. The molecule has 15 heavy (non-hydrogen) atoms. The zero-order chi connectivity index (χ0) is 10.9. The maximum atomic E-state index is 11.9. The summed E-state index contributed by atoms with van der Waals surface area (Å²) in [5.74, 6) is 0.380. The maximum Gasteiger partial charge on any atom is 0.573 e. The highest BCUT2D eigenvalue weighted by atomic mass is 19.4. The number of rotatable bonds is 1. The molecule has 0 aliphatic carbocycles. The largest absolute Gasteiger partial charge is 0.573 e. The highest BCUT2D eigenvalue weighted by molar-refractivity contribution is 5.46. The van der Waals surface area contributed by atoms with Gasteiger partial charge in [-0.3, -0.25) is 0 Å². The Morgan fingerprint density at radius 1 is 1.07 bits per heavy atom. The highest BCUT2D eigenvalue weighted by Gasteiger charge is 2.31. The van der Waals surface area contributed by atoms with Crippen LogP contribution in [0, 0.1) is 0 Å². The van der Waals surface area contributed by atoms with Crippen LogP contribution in [0.1, 0.15) is 0 Å². The van der Waals surface area contributed by atoms with Gasteiger partial charge in [-0.05, 0) is 12.1 Å². The van der Waals surface area contributed by atoms with Gasteiger partial charge >= 0.3 is 6.36 Å². The zero-order valence-corrected chi connectivity index (χ0v) is 7.50. The van der Waals surface area contributed by atoms with Crippen molar-refractivity contribution in [3.05, 3.63) is 18.2 Å². The Hall–Kier alpha value is -1.59. The molecule has 1 aliphatic heterocycles. The van der Waals surface area contributed by atoms with E-state index in [-0.39, 0.29) is 11.5 Å². The summed E-state index contributed by atoms with van der Waals surface area (Å²) in [5, 5.41) is 0. The van der Waals surface area contributed by atoms with E-state index in [1.165, 1.54) is 12.1 Å². The predicted molar refractivity (Wildman–Crippen MR) is 44.1 cm³/mol. The number of ether oxygens (including phenoxy) is 3. The van der Waals surface area contributed by atoms with Crippen molar-refractivity contribution in [2.75, 3.05) is 13.2 Å². The van der Waals surface area contributed by atoms with E-state index in [4.69, 9.17) is 9.47 Å². The lowest BCUT2D eigenvalue weighted by molar-refractivity contribution is -0.274. The zero-order valence-electron chi connectivity index (χ0n) is 7.50. The molecule has 0 bridgehead atoms. The first-order valence-electron chi connectivity index (χ1n) is 4.20. The lowest BCUT2D eigenvalue weighted by Gasteiger charge is -2.19. The molecule has 0 spiro atoms. The molecule has 0 aromatic heterocycles. The van der Waals surface area contributed by atoms with Crippen LogP contribution in [-0.4, -0.2) is 19.6 Å². The fourth-order valence-corrected chi connectivity index (χ4v) is 1.22. The standard InChI is InChI=1S/C9H7F3O3/c10-9(11,12)15-6-1-2-7-8(5-6)14-4-3-13-7/h1-2,5H,3-4H2. The van der Waals surface area contributed by atoms with E-state index in [1.54, 1.807) is 0 Å². The van der Waals surface area contributed by atoms with Crippen LogP contribution in [0.2, 0.25) is 0 Å². The smallest absolute Gasteiger partial charge is 0.486 e. The van der Waals surface area contributed by atoms with Crippen LogP contribution in [0.4, 0.5) is 13.2 Å². The molecule has 0 saturated heterocycles. The van der Waals surface area contributed by atoms with Crippen molar-refractivity contribution in [1.29, 1.82) is 0 Å². The number of halogens is 3. The van der Waals surface area contributed by atoms with Crippen molar-refractivity contribution in [3.8, 4) is 17.2 Å². The van der Waals surface area contributed by atoms with Crippen LogP contribution in [-0.2, 0) is 0 Å². The van der Waals surface area contributed by atoms with Gasteiger partial charge in [0, 0.05) is 6.07 Å². The van der Waals surface area contributed by atoms with E-state index in [1.807, 2.05) is 0 Å². The molecule has 3 nitrogen and oxygen atoms in total. The van der Waals surface area contributed by atoms with E-state index in [0.717, 1.165) is 6.07 Å². The van der Waals surface area contributed by atoms with Crippen molar-refractivity contribution in [2.45, 2.75) is 6.36 Å². The van der Waals surface area contributed by atoms with Gasteiger partial charge in [0.15, 0.2) is 11.5 Å². The predicted octanol–water partition coefficient (Wildman–Crippen LogP) is 2.36. The number of hydrogen-bond donors (Lipinski definition) is 0. The molecular formula is C9H7F3O3. The van der Waals surface area contributed by atoms with Gasteiger partial charge in [-0.2, -0.15) is 0 Å². The molecule has 6 heteroatoms. The molecule has 1 aromatic rings. The minimum atomic E-state index is -4.69. The quantitative estimate of drug-likeness (QED) is 0.727. The Bertz CT molecular complexity index is 362. The Kier molecular flexibility index (Phi) is 2.34. The number of fused-ring (bicyclic) bond motifs is 1. The van der Waals surface area contributed by atoms with E-state index >= 15 is 0 Å². The van der Waals surface area contributed by atoms with Crippen LogP contribution in [0.25, 0.3) is 0 Å². The van der Waals surface area contributed by atoms with Crippen LogP contribution in [0.3, 0.4) is 0 Å². The summed E-state index contributed by atoms with van der Waals surface area (Å²) in [6.45, 7) is 0.717. The third-order valence-electron chi connectivity index (χ3n) is 1.75. The average Bonchev–Trinajstić information content (AvgIpc) is 2.15. The van der Waals surface area contributed by atoms with Crippen LogP contribution < -0.4 is 14.2 Å². The summed E-state index contributed by atoms with van der Waals surface area (Å²) < 4.78 is 49.6. The Morgan fingerprint density at radius 3 is 2.40 bits per heavy atom. The molecule has 0 fully saturated rings. The van der Waals surface area contributed by atoms with Crippen molar-refractivity contribution >= 4 is 0 Å². The number of alkyl halides is 3. The summed E-state index contributed by atoms with van der Waals surface area (Å²) >= 11 is 0. The molecule has 0 amide bonds. The third kappa shape index (κ3) is 2.45. The molecular weight excluding hydrogens is 213 g/mol. The second kappa shape index (κ2) is 3.52. The normalized spacial score (nSPS) is 14.9. The summed E-state index contributed by atoms with van der Waals surface area (Å²) in [4.78, 5) is 0. The molecule has 0 atom stereocenters. The van der Waals surface area contributed by atoms with Crippen molar-refractivity contribution in [3.63, 3.8) is 0 Å². The van der Waals surface area contributed by atoms with Gasteiger partial charge in [0.2, 0.25) is 0 Å². The molecule has 0 saturated carbocycles. The molecule has 0 unspecified atom stereocenters. The molecule has 1 heterocycles. The average molecular weight is 220 g/mol. The van der Waals surface area contributed by atoms with Crippen molar-refractivity contribution < 1.29 is 27.4 Å². The molecule has 2 rings (SSSR count). The minimum absolute atomic E-state index is 0.267. The Balaban J connectivity index is 2.21. The second-order valence-corrected chi connectivity index (χ2v) is 2.85. The van der Waals surface area contributed by atoms with Gasteiger partial charge in [-0.1, -0.05) is 0 Å². The summed E-state index contributed by atoms with van der Waals surface area (Å²) in [6.07, 6.45) is -4.69. The second-order valence-electron chi connectivity index (χ2n) is 2.85. The first-order chi connectivity index (χ1) is 7.04. The van der Waals surface area contributed by atoms with Gasteiger partial charge in [-0.25, -0.2) is 0 Å². The van der Waals surface area contributed by atoms with E-state index in [9.17, 15) is 13.2 Å². The van der Waals surface area contributed by atoms with E-state index in [0.29, 0.717) is 19.0 Å². The van der Waals surface area contributed by atoms with Gasteiger partial charge in [0.25, 0.3) is 0 Å². The summed E-state index contributed by atoms with van der Waals surface area (Å²) in [7, 11) is 0. The van der Waals surface area contributed by atoms with Crippen LogP contribution in [0.15, 0.2) is 18.2 Å². The fourth-order valence-electron chi connectivity index (χ4n) is 1.22.